The maximum absolute atomic E-state index is 3.67. The lowest BCUT2D eigenvalue weighted by Gasteiger charge is -2.22. The Morgan fingerprint density at radius 2 is 1.86 bits per heavy atom. The topological polar surface area (TPSA) is 17.0 Å². The molecule has 0 amide bonds. The summed E-state index contributed by atoms with van der Waals surface area (Å²) in [6, 6.07) is 9.98. The lowest BCUT2D eigenvalue weighted by Crippen LogP contribution is -2.25. The van der Waals surface area contributed by atoms with Gasteiger partial charge in [-0.05, 0) is 67.1 Å². The summed E-state index contributed by atoms with van der Waals surface area (Å²) in [4.78, 5) is 1.34. The highest BCUT2D eigenvalue weighted by atomic mass is 32.2. The van der Waals surface area contributed by atoms with Crippen LogP contribution in [0.1, 0.15) is 56.6 Å². The van der Waals surface area contributed by atoms with Crippen molar-refractivity contribution in [2.45, 2.75) is 61.8 Å². The minimum absolute atomic E-state index is 0.704. The quantitative estimate of drug-likeness (QED) is 0.802. The van der Waals surface area contributed by atoms with Gasteiger partial charge in [0.15, 0.2) is 0 Å². The molecule has 2 aliphatic rings. The van der Waals surface area contributed by atoms with E-state index < -0.39 is 0 Å². The Balaban J connectivity index is 1.51. The van der Waals surface area contributed by atoms with Gasteiger partial charge < -0.3 is 4.57 Å². The van der Waals surface area contributed by atoms with Gasteiger partial charge in [0.1, 0.15) is 0 Å². The fourth-order valence-corrected chi connectivity index (χ4v) is 4.38. The van der Waals surface area contributed by atoms with E-state index >= 15 is 0 Å². The molecule has 0 unspecified atom stereocenters. The number of aryl methyl sites for hydroxylation is 1. The SMILES string of the molecule is Cn1c(C2CC2)cc2ccc(SNC3CCCCC3)cc21. The molecule has 1 N–H and O–H groups in total. The van der Waals surface area contributed by atoms with Crippen molar-refractivity contribution in [1.82, 2.24) is 9.29 Å². The molecule has 3 heteroatoms. The highest BCUT2D eigenvalue weighted by molar-refractivity contribution is 7.97. The van der Waals surface area contributed by atoms with Crippen molar-refractivity contribution in [1.29, 1.82) is 0 Å². The van der Waals surface area contributed by atoms with E-state index in [0.717, 1.165) is 5.92 Å². The number of hydrogen-bond donors (Lipinski definition) is 1. The number of nitrogens with one attached hydrogen (secondary N) is 1. The summed E-state index contributed by atoms with van der Waals surface area (Å²) in [5, 5.41) is 1.39. The molecule has 2 fully saturated rings. The molecule has 0 radical (unpaired) electrons. The Morgan fingerprint density at radius 1 is 1.05 bits per heavy atom. The van der Waals surface area contributed by atoms with E-state index in [0.29, 0.717) is 6.04 Å². The molecule has 2 aromatic rings. The van der Waals surface area contributed by atoms with Gasteiger partial charge in [-0.25, -0.2) is 0 Å². The molecular weight excluding hydrogens is 276 g/mol. The number of nitrogens with zero attached hydrogens (tertiary/aromatic N) is 1. The minimum atomic E-state index is 0.704. The van der Waals surface area contributed by atoms with Gasteiger partial charge in [-0.3, -0.25) is 4.72 Å². The first-order chi connectivity index (χ1) is 10.3. The van der Waals surface area contributed by atoms with Crippen LogP contribution in [0.15, 0.2) is 29.2 Å². The maximum atomic E-state index is 3.67. The van der Waals surface area contributed by atoms with E-state index in [-0.39, 0.29) is 0 Å². The first-order valence-electron chi connectivity index (χ1n) is 8.33. The van der Waals surface area contributed by atoms with Gasteiger partial charge >= 0.3 is 0 Å². The molecule has 112 valence electrons. The Hall–Kier alpha value is -0.930. The van der Waals surface area contributed by atoms with Crippen LogP contribution in [0.25, 0.3) is 10.9 Å². The Morgan fingerprint density at radius 3 is 2.62 bits per heavy atom. The summed E-state index contributed by atoms with van der Waals surface area (Å²) in [6.07, 6.45) is 9.61. The van der Waals surface area contributed by atoms with Crippen LogP contribution >= 0.6 is 11.9 Å². The summed E-state index contributed by atoms with van der Waals surface area (Å²) in [5.41, 5.74) is 2.90. The largest absolute Gasteiger partial charge is 0.347 e. The number of benzene rings is 1. The second kappa shape index (κ2) is 5.69. The van der Waals surface area contributed by atoms with Gasteiger partial charge in [0.2, 0.25) is 0 Å². The first-order valence-corrected chi connectivity index (χ1v) is 9.14. The predicted molar refractivity (Wildman–Crippen MR) is 90.8 cm³/mol. The maximum Gasteiger partial charge on any atom is 0.0491 e. The molecule has 0 spiro atoms. The van der Waals surface area contributed by atoms with Crippen molar-refractivity contribution in [3.8, 4) is 0 Å². The van der Waals surface area contributed by atoms with Crippen molar-refractivity contribution < 1.29 is 0 Å². The van der Waals surface area contributed by atoms with Gasteiger partial charge in [-0.2, -0.15) is 0 Å². The summed E-state index contributed by atoms with van der Waals surface area (Å²) in [6.45, 7) is 0. The molecule has 0 aliphatic heterocycles. The highest BCUT2D eigenvalue weighted by Crippen LogP contribution is 2.42. The van der Waals surface area contributed by atoms with E-state index in [1.165, 1.54) is 66.4 Å². The van der Waals surface area contributed by atoms with Crippen LogP contribution in [0, 0.1) is 0 Å². The monoisotopic (exact) mass is 300 g/mol. The van der Waals surface area contributed by atoms with Crippen LogP contribution in [0.2, 0.25) is 0 Å². The second-order valence-electron chi connectivity index (χ2n) is 6.68. The highest BCUT2D eigenvalue weighted by Gasteiger charge is 2.26. The van der Waals surface area contributed by atoms with Crippen molar-refractivity contribution in [2.24, 2.45) is 7.05 Å². The van der Waals surface area contributed by atoms with Gasteiger partial charge in [0, 0.05) is 29.2 Å². The number of hydrogen-bond acceptors (Lipinski definition) is 2. The van der Waals surface area contributed by atoms with Crippen molar-refractivity contribution >= 4 is 22.9 Å². The van der Waals surface area contributed by atoms with Crippen LogP contribution in [0.3, 0.4) is 0 Å². The zero-order chi connectivity index (χ0) is 14.2. The van der Waals surface area contributed by atoms with Gasteiger partial charge in [-0.15, -0.1) is 0 Å². The van der Waals surface area contributed by atoms with Gasteiger partial charge in [0.05, 0.1) is 0 Å². The fourth-order valence-electron chi connectivity index (χ4n) is 3.54. The van der Waals surface area contributed by atoms with E-state index in [4.69, 9.17) is 0 Å². The zero-order valence-electron chi connectivity index (χ0n) is 12.8. The third kappa shape index (κ3) is 2.86. The second-order valence-corrected chi connectivity index (χ2v) is 7.59. The van der Waals surface area contributed by atoms with E-state index in [1.807, 2.05) is 11.9 Å². The molecule has 1 aromatic heterocycles. The smallest absolute Gasteiger partial charge is 0.0491 e. The van der Waals surface area contributed by atoms with E-state index in [9.17, 15) is 0 Å². The zero-order valence-corrected chi connectivity index (χ0v) is 13.6. The van der Waals surface area contributed by atoms with Crippen LogP contribution in [0.4, 0.5) is 0 Å². The molecule has 1 aromatic carbocycles. The molecular formula is C18H24N2S. The van der Waals surface area contributed by atoms with Gasteiger partial charge in [-0.1, -0.05) is 25.3 Å². The first kappa shape index (κ1) is 13.7. The predicted octanol–water partition coefficient (Wildman–Crippen LogP) is 4.99. The number of fused-ring (bicyclic) bond motifs is 1. The number of rotatable bonds is 4. The average molecular weight is 300 g/mol. The van der Waals surface area contributed by atoms with Crippen LogP contribution < -0.4 is 4.72 Å². The number of aromatic nitrogens is 1. The molecule has 1 heterocycles. The Bertz CT molecular complexity index is 636. The van der Waals surface area contributed by atoms with Crippen molar-refractivity contribution in [3.63, 3.8) is 0 Å². The van der Waals surface area contributed by atoms with Gasteiger partial charge in [0.25, 0.3) is 0 Å². The molecule has 21 heavy (non-hydrogen) atoms. The van der Waals surface area contributed by atoms with Crippen LogP contribution in [-0.2, 0) is 7.05 Å². The fraction of sp³-hybridized carbons (Fsp3) is 0.556. The lowest BCUT2D eigenvalue weighted by molar-refractivity contribution is 0.423. The van der Waals surface area contributed by atoms with Crippen LogP contribution in [-0.4, -0.2) is 10.6 Å². The third-order valence-electron chi connectivity index (χ3n) is 5.00. The molecule has 2 saturated carbocycles. The summed E-state index contributed by atoms with van der Waals surface area (Å²) in [7, 11) is 2.22. The molecule has 2 nitrogen and oxygen atoms in total. The van der Waals surface area contributed by atoms with Crippen molar-refractivity contribution in [2.75, 3.05) is 0 Å². The standard InChI is InChI=1S/C18H24N2S/c1-20-17(13-7-8-13)11-14-9-10-16(12-18(14)20)21-19-15-5-3-2-4-6-15/h9-13,15,19H,2-8H2,1H3. The summed E-state index contributed by atoms with van der Waals surface area (Å²) >= 11 is 1.82. The lowest BCUT2D eigenvalue weighted by atomic mass is 9.96. The van der Waals surface area contributed by atoms with E-state index in [1.54, 1.807) is 0 Å². The van der Waals surface area contributed by atoms with E-state index in [2.05, 4.69) is 40.6 Å². The third-order valence-corrected chi connectivity index (χ3v) is 5.94. The average Bonchev–Trinajstić information content (AvgIpc) is 3.32. The Labute approximate surface area is 131 Å². The van der Waals surface area contributed by atoms with Crippen LogP contribution in [0.5, 0.6) is 0 Å². The molecule has 0 atom stereocenters. The molecule has 0 saturated heterocycles. The van der Waals surface area contributed by atoms with Crippen molar-refractivity contribution in [3.05, 3.63) is 30.0 Å². The summed E-state index contributed by atoms with van der Waals surface area (Å²) in [5.74, 6) is 0.818. The minimum Gasteiger partial charge on any atom is -0.347 e. The summed E-state index contributed by atoms with van der Waals surface area (Å²) < 4.78 is 6.07. The molecule has 0 bridgehead atoms. The normalized spacial score (nSPS) is 20.2. The molecule has 4 rings (SSSR count). The Kier molecular flexibility index (Phi) is 3.72. The molecule has 2 aliphatic carbocycles.